The van der Waals surface area contributed by atoms with Crippen LogP contribution in [0.3, 0.4) is 0 Å². The van der Waals surface area contributed by atoms with Gasteiger partial charge in [0.25, 0.3) is 0 Å². The summed E-state index contributed by atoms with van der Waals surface area (Å²) in [5.74, 6) is 7.97. The van der Waals surface area contributed by atoms with Crippen LogP contribution in [0.5, 0.6) is 0 Å². The molecule has 0 aliphatic carbocycles. The molecule has 0 aromatic rings. The van der Waals surface area contributed by atoms with Gasteiger partial charge in [-0.3, -0.25) is 4.90 Å². The van der Waals surface area contributed by atoms with Gasteiger partial charge in [-0.1, -0.05) is 0 Å². The van der Waals surface area contributed by atoms with E-state index >= 15 is 0 Å². The normalized spacial score (nSPS) is 23.4. The predicted molar refractivity (Wildman–Crippen MR) is 78.7 cm³/mol. The third kappa shape index (κ3) is 7.03. The summed E-state index contributed by atoms with van der Waals surface area (Å²) < 4.78 is 0. The summed E-state index contributed by atoms with van der Waals surface area (Å²) in [6.07, 6.45) is 0. The lowest BCUT2D eigenvalue weighted by Crippen LogP contribution is -2.35. The Kier molecular flexibility index (Phi) is 8.52. The highest BCUT2D eigenvalue weighted by molar-refractivity contribution is 8.04. The van der Waals surface area contributed by atoms with E-state index in [1.807, 2.05) is 0 Å². The van der Waals surface area contributed by atoms with Crippen LogP contribution in [0.2, 0.25) is 0 Å². The van der Waals surface area contributed by atoms with Crippen LogP contribution in [0.1, 0.15) is 13.8 Å². The van der Waals surface area contributed by atoms with Gasteiger partial charge in [0.05, 0.1) is 0 Å². The van der Waals surface area contributed by atoms with Crippen LogP contribution in [0.4, 0.5) is 0 Å². The Morgan fingerprint density at radius 3 is 1.53 bits per heavy atom. The number of hydrogen-bond acceptors (Lipinski definition) is 4. The SMILES string of the molecule is CC(C)N1CCSCCSCCSCC1. The maximum atomic E-state index is 2.62. The van der Waals surface area contributed by atoms with E-state index in [1.165, 1.54) is 47.6 Å². The molecule has 0 N–H and O–H groups in total. The van der Waals surface area contributed by atoms with Crippen molar-refractivity contribution < 1.29 is 0 Å². The fourth-order valence-corrected chi connectivity index (χ4v) is 4.76. The summed E-state index contributed by atoms with van der Waals surface area (Å²) in [4.78, 5) is 2.62. The summed E-state index contributed by atoms with van der Waals surface area (Å²) in [6, 6.07) is 0.712. The first-order valence-electron chi connectivity index (χ1n) is 5.78. The third-order valence-corrected chi connectivity index (χ3v) is 5.95. The molecule has 4 heteroatoms. The van der Waals surface area contributed by atoms with Gasteiger partial charge in [-0.25, -0.2) is 0 Å². The molecule has 0 saturated carbocycles. The zero-order chi connectivity index (χ0) is 10.9. The van der Waals surface area contributed by atoms with Gasteiger partial charge in [0, 0.05) is 53.6 Å². The van der Waals surface area contributed by atoms with Crippen molar-refractivity contribution in [1.82, 2.24) is 4.90 Å². The Balaban J connectivity index is 2.25. The van der Waals surface area contributed by atoms with Crippen LogP contribution in [-0.4, -0.2) is 58.5 Å². The quantitative estimate of drug-likeness (QED) is 0.717. The summed E-state index contributed by atoms with van der Waals surface area (Å²) in [5.41, 5.74) is 0. The molecule has 1 nitrogen and oxygen atoms in total. The van der Waals surface area contributed by atoms with Crippen molar-refractivity contribution >= 4 is 35.3 Å². The summed E-state index contributed by atoms with van der Waals surface area (Å²) in [5, 5.41) is 0. The van der Waals surface area contributed by atoms with Crippen molar-refractivity contribution in [2.75, 3.05) is 47.6 Å². The average molecular weight is 266 g/mol. The predicted octanol–water partition coefficient (Wildman–Crippen LogP) is 2.91. The Bertz CT molecular complexity index is 141. The van der Waals surface area contributed by atoms with Gasteiger partial charge in [0.15, 0.2) is 0 Å². The Morgan fingerprint density at radius 1 is 0.733 bits per heavy atom. The van der Waals surface area contributed by atoms with E-state index < -0.39 is 0 Å². The maximum absolute atomic E-state index is 2.62. The summed E-state index contributed by atoms with van der Waals surface area (Å²) >= 11 is 6.36. The molecule has 90 valence electrons. The standard InChI is InChI=1S/C11H23NS3/c1-11(2)12-3-5-13-7-9-15-10-8-14-6-4-12/h11H,3-10H2,1-2H3. The van der Waals surface area contributed by atoms with E-state index in [-0.39, 0.29) is 0 Å². The number of thioether (sulfide) groups is 3. The highest BCUT2D eigenvalue weighted by Gasteiger charge is 2.09. The van der Waals surface area contributed by atoms with E-state index in [4.69, 9.17) is 0 Å². The number of nitrogens with zero attached hydrogens (tertiary/aromatic N) is 1. The first kappa shape index (κ1) is 14.1. The van der Waals surface area contributed by atoms with E-state index in [9.17, 15) is 0 Å². The van der Waals surface area contributed by atoms with Crippen molar-refractivity contribution in [3.63, 3.8) is 0 Å². The Hall–Kier alpha value is 1.01. The van der Waals surface area contributed by atoms with Crippen LogP contribution in [-0.2, 0) is 0 Å². The molecule has 0 aromatic carbocycles. The second-order valence-electron chi connectivity index (χ2n) is 3.97. The smallest absolute Gasteiger partial charge is 0.00754 e. The van der Waals surface area contributed by atoms with E-state index in [1.54, 1.807) is 0 Å². The fraction of sp³-hybridized carbons (Fsp3) is 1.00. The van der Waals surface area contributed by atoms with Crippen molar-refractivity contribution in [3.8, 4) is 0 Å². The zero-order valence-corrected chi connectivity index (χ0v) is 12.4. The van der Waals surface area contributed by atoms with Gasteiger partial charge < -0.3 is 0 Å². The van der Waals surface area contributed by atoms with E-state index in [0.717, 1.165) is 0 Å². The second kappa shape index (κ2) is 9.08. The van der Waals surface area contributed by atoms with Gasteiger partial charge >= 0.3 is 0 Å². The first-order chi connectivity index (χ1) is 7.30. The summed E-state index contributed by atoms with van der Waals surface area (Å²) in [6.45, 7) is 7.18. The molecule has 1 rings (SSSR count). The molecule has 1 heterocycles. The number of hydrogen-bond donors (Lipinski definition) is 0. The molecule has 0 unspecified atom stereocenters. The average Bonchev–Trinajstić information content (AvgIpc) is 2.18. The van der Waals surface area contributed by atoms with Crippen LogP contribution in [0.15, 0.2) is 0 Å². The highest BCUT2D eigenvalue weighted by Crippen LogP contribution is 2.13. The minimum Gasteiger partial charge on any atom is -0.299 e. The first-order valence-corrected chi connectivity index (χ1v) is 9.24. The fourth-order valence-electron chi connectivity index (χ4n) is 1.53. The highest BCUT2D eigenvalue weighted by atomic mass is 32.2. The van der Waals surface area contributed by atoms with E-state index in [0.29, 0.717) is 6.04 Å². The molecule has 0 radical (unpaired) electrons. The molecule has 0 aromatic heterocycles. The maximum Gasteiger partial charge on any atom is 0.00754 e. The topological polar surface area (TPSA) is 3.24 Å². The van der Waals surface area contributed by atoms with Crippen LogP contribution in [0, 0.1) is 0 Å². The Labute approximate surface area is 108 Å². The van der Waals surface area contributed by atoms with Crippen molar-refractivity contribution in [2.24, 2.45) is 0 Å². The minimum absolute atomic E-state index is 0.712. The molecule has 1 fully saturated rings. The minimum atomic E-state index is 0.712. The van der Waals surface area contributed by atoms with Gasteiger partial charge in [-0.2, -0.15) is 35.3 Å². The van der Waals surface area contributed by atoms with E-state index in [2.05, 4.69) is 54.0 Å². The van der Waals surface area contributed by atoms with Gasteiger partial charge in [0.1, 0.15) is 0 Å². The van der Waals surface area contributed by atoms with Crippen molar-refractivity contribution in [1.29, 1.82) is 0 Å². The molecule has 0 bridgehead atoms. The monoisotopic (exact) mass is 265 g/mol. The summed E-state index contributed by atoms with van der Waals surface area (Å²) in [7, 11) is 0. The van der Waals surface area contributed by atoms with Crippen LogP contribution >= 0.6 is 35.3 Å². The lowest BCUT2D eigenvalue weighted by atomic mass is 10.3. The molecule has 1 aliphatic heterocycles. The number of rotatable bonds is 1. The largest absolute Gasteiger partial charge is 0.299 e. The molecule has 1 aliphatic rings. The molecule has 1 saturated heterocycles. The van der Waals surface area contributed by atoms with Crippen LogP contribution in [0.25, 0.3) is 0 Å². The van der Waals surface area contributed by atoms with Crippen molar-refractivity contribution in [2.45, 2.75) is 19.9 Å². The van der Waals surface area contributed by atoms with Gasteiger partial charge in [0.2, 0.25) is 0 Å². The van der Waals surface area contributed by atoms with Gasteiger partial charge in [-0.15, -0.1) is 0 Å². The lowest BCUT2D eigenvalue weighted by molar-refractivity contribution is 0.251. The second-order valence-corrected chi connectivity index (χ2v) is 7.64. The third-order valence-electron chi connectivity index (χ3n) is 2.52. The lowest BCUT2D eigenvalue weighted by Gasteiger charge is -2.26. The molecule has 0 spiro atoms. The Morgan fingerprint density at radius 2 is 1.13 bits per heavy atom. The van der Waals surface area contributed by atoms with Gasteiger partial charge in [-0.05, 0) is 13.8 Å². The molecule has 0 atom stereocenters. The molecular formula is C11H23NS3. The molecule has 0 amide bonds. The molecular weight excluding hydrogens is 242 g/mol. The van der Waals surface area contributed by atoms with Crippen molar-refractivity contribution in [3.05, 3.63) is 0 Å². The molecule has 15 heavy (non-hydrogen) atoms. The van der Waals surface area contributed by atoms with Crippen LogP contribution < -0.4 is 0 Å². The zero-order valence-electron chi connectivity index (χ0n) is 9.91.